The zero-order valence-electron chi connectivity index (χ0n) is 22.1. The first-order chi connectivity index (χ1) is 17.7. The smallest absolute Gasteiger partial charge is 0.140 e. The molecule has 1 aromatic heterocycles. The molecule has 0 saturated carbocycles. The van der Waals surface area contributed by atoms with Crippen LogP contribution in [0.2, 0.25) is 0 Å². The Hall–Kier alpha value is -3.37. The molecule has 0 radical (unpaired) electrons. The zero-order valence-corrected chi connectivity index (χ0v) is 22.1. The van der Waals surface area contributed by atoms with E-state index in [1.165, 1.54) is 34.5 Å². The highest BCUT2D eigenvalue weighted by Crippen LogP contribution is 2.23. The van der Waals surface area contributed by atoms with Crippen LogP contribution in [0.5, 0.6) is 0 Å². The van der Waals surface area contributed by atoms with Gasteiger partial charge in [0.05, 0.1) is 11.9 Å². The summed E-state index contributed by atoms with van der Waals surface area (Å²) in [5, 5.41) is 0. The maximum atomic E-state index is 4.89. The second-order valence-electron chi connectivity index (χ2n) is 9.41. The first kappa shape index (κ1) is 25.7. The number of benzene rings is 3. The Bertz CT molecular complexity index is 1160. The SMILES string of the molecule is CCCCn1c(CN(Cc2ccccc2)Cc2ccc(N(CC)CC)cc2)cnc1-c1ccccc1. The number of hydrogen-bond donors (Lipinski definition) is 0. The fourth-order valence-corrected chi connectivity index (χ4v) is 4.82. The highest BCUT2D eigenvalue weighted by atomic mass is 15.2. The van der Waals surface area contributed by atoms with E-state index in [0.717, 1.165) is 51.5 Å². The topological polar surface area (TPSA) is 24.3 Å². The number of nitrogens with zero attached hydrogens (tertiary/aromatic N) is 4. The van der Waals surface area contributed by atoms with E-state index in [4.69, 9.17) is 4.98 Å². The van der Waals surface area contributed by atoms with Gasteiger partial charge in [-0.1, -0.05) is 86.1 Å². The van der Waals surface area contributed by atoms with E-state index >= 15 is 0 Å². The van der Waals surface area contributed by atoms with Crippen LogP contribution in [-0.4, -0.2) is 27.5 Å². The molecule has 4 rings (SSSR count). The monoisotopic (exact) mass is 480 g/mol. The van der Waals surface area contributed by atoms with Gasteiger partial charge in [-0.2, -0.15) is 0 Å². The lowest BCUT2D eigenvalue weighted by molar-refractivity contribution is 0.241. The van der Waals surface area contributed by atoms with Gasteiger partial charge in [0.1, 0.15) is 5.82 Å². The predicted molar refractivity (Wildman–Crippen MR) is 152 cm³/mol. The molecule has 0 aliphatic rings. The quantitative estimate of drug-likeness (QED) is 0.199. The molecule has 0 bridgehead atoms. The number of aromatic nitrogens is 2. The van der Waals surface area contributed by atoms with E-state index in [1.807, 2.05) is 0 Å². The largest absolute Gasteiger partial charge is 0.372 e. The van der Waals surface area contributed by atoms with Crippen LogP contribution in [0.4, 0.5) is 5.69 Å². The van der Waals surface area contributed by atoms with Crippen molar-refractivity contribution in [3.63, 3.8) is 0 Å². The third-order valence-electron chi connectivity index (χ3n) is 6.81. The molecular weight excluding hydrogens is 440 g/mol. The lowest BCUT2D eigenvalue weighted by atomic mass is 10.1. The van der Waals surface area contributed by atoms with Gasteiger partial charge in [0.25, 0.3) is 0 Å². The van der Waals surface area contributed by atoms with Crippen molar-refractivity contribution in [2.24, 2.45) is 0 Å². The molecule has 4 heteroatoms. The summed E-state index contributed by atoms with van der Waals surface area (Å²) in [5.41, 5.74) is 6.42. The molecule has 36 heavy (non-hydrogen) atoms. The molecule has 0 N–H and O–H groups in total. The van der Waals surface area contributed by atoms with Gasteiger partial charge in [0.15, 0.2) is 0 Å². The summed E-state index contributed by atoms with van der Waals surface area (Å²) in [5.74, 6) is 1.07. The molecule has 0 aliphatic carbocycles. The molecule has 0 spiro atoms. The first-order valence-corrected chi connectivity index (χ1v) is 13.4. The third kappa shape index (κ3) is 6.64. The average molecular weight is 481 g/mol. The summed E-state index contributed by atoms with van der Waals surface area (Å²) >= 11 is 0. The summed E-state index contributed by atoms with van der Waals surface area (Å²) in [4.78, 5) is 9.82. The standard InChI is InChI=1S/C32H40N4/c1-4-7-22-36-31(23-33-32(36)29-16-12-9-13-17-29)26-34(24-27-14-10-8-11-15-27)25-28-18-20-30(21-19-28)35(5-2)6-3/h8-21,23H,4-7,22,24-26H2,1-3H3. The van der Waals surface area contributed by atoms with Crippen molar-refractivity contribution in [1.29, 1.82) is 0 Å². The molecular formula is C32H40N4. The fourth-order valence-electron chi connectivity index (χ4n) is 4.82. The summed E-state index contributed by atoms with van der Waals surface area (Å²) in [7, 11) is 0. The number of rotatable bonds is 13. The van der Waals surface area contributed by atoms with E-state index in [0.29, 0.717) is 0 Å². The van der Waals surface area contributed by atoms with Crippen LogP contribution in [0.1, 0.15) is 50.4 Å². The van der Waals surface area contributed by atoms with Crippen molar-refractivity contribution < 1.29 is 0 Å². The highest BCUT2D eigenvalue weighted by Gasteiger charge is 2.16. The average Bonchev–Trinajstić information content (AvgIpc) is 3.32. The van der Waals surface area contributed by atoms with Crippen LogP contribution in [0.3, 0.4) is 0 Å². The van der Waals surface area contributed by atoms with Crippen LogP contribution in [-0.2, 0) is 26.2 Å². The van der Waals surface area contributed by atoms with E-state index < -0.39 is 0 Å². The molecule has 0 aliphatic heterocycles. The normalized spacial score (nSPS) is 11.2. The molecule has 3 aromatic carbocycles. The van der Waals surface area contributed by atoms with Crippen molar-refractivity contribution in [3.8, 4) is 11.4 Å². The summed E-state index contributed by atoms with van der Waals surface area (Å²) in [6, 6.07) is 30.5. The molecule has 4 aromatic rings. The molecule has 0 unspecified atom stereocenters. The Labute approximate surface area is 217 Å². The second kappa shape index (κ2) is 13.1. The van der Waals surface area contributed by atoms with Gasteiger partial charge in [0.2, 0.25) is 0 Å². The summed E-state index contributed by atoms with van der Waals surface area (Å²) < 4.78 is 2.43. The minimum absolute atomic E-state index is 0.857. The maximum Gasteiger partial charge on any atom is 0.140 e. The van der Waals surface area contributed by atoms with Crippen molar-refractivity contribution in [1.82, 2.24) is 14.5 Å². The van der Waals surface area contributed by atoms with Crippen molar-refractivity contribution in [3.05, 3.63) is 108 Å². The minimum Gasteiger partial charge on any atom is -0.372 e. The van der Waals surface area contributed by atoms with Crippen LogP contribution in [0.25, 0.3) is 11.4 Å². The van der Waals surface area contributed by atoms with Crippen LogP contribution in [0.15, 0.2) is 91.1 Å². The molecule has 0 amide bonds. The number of unbranched alkanes of at least 4 members (excludes halogenated alkanes) is 1. The van der Waals surface area contributed by atoms with E-state index in [2.05, 4.69) is 126 Å². The van der Waals surface area contributed by atoms with Gasteiger partial charge in [-0.3, -0.25) is 4.90 Å². The number of hydrogen-bond acceptors (Lipinski definition) is 3. The van der Waals surface area contributed by atoms with Crippen molar-refractivity contribution >= 4 is 5.69 Å². The number of anilines is 1. The van der Waals surface area contributed by atoms with Crippen LogP contribution < -0.4 is 4.90 Å². The predicted octanol–water partition coefficient (Wildman–Crippen LogP) is 7.40. The van der Waals surface area contributed by atoms with E-state index in [-0.39, 0.29) is 0 Å². The minimum atomic E-state index is 0.857. The Morgan fingerprint density at radius 2 is 1.31 bits per heavy atom. The lowest BCUT2D eigenvalue weighted by Gasteiger charge is -2.25. The van der Waals surface area contributed by atoms with Gasteiger partial charge in [-0.25, -0.2) is 4.98 Å². The zero-order chi connectivity index (χ0) is 25.2. The maximum absolute atomic E-state index is 4.89. The highest BCUT2D eigenvalue weighted by molar-refractivity contribution is 5.56. The fraction of sp³-hybridized carbons (Fsp3) is 0.344. The van der Waals surface area contributed by atoms with E-state index in [1.54, 1.807) is 0 Å². The summed E-state index contributed by atoms with van der Waals surface area (Å²) in [6.07, 6.45) is 4.40. The molecule has 4 nitrogen and oxygen atoms in total. The molecule has 188 valence electrons. The number of imidazole rings is 1. The molecule has 0 saturated heterocycles. The first-order valence-electron chi connectivity index (χ1n) is 13.4. The van der Waals surface area contributed by atoms with Crippen molar-refractivity contribution in [2.45, 2.75) is 59.8 Å². The van der Waals surface area contributed by atoms with Gasteiger partial charge < -0.3 is 9.47 Å². The van der Waals surface area contributed by atoms with E-state index in [9.17, 15) is 0 Å². The molecule has 0 fully saturated rings. The third-order valence-corrected chi connectivity index (χ3v) is 6.81. The second-order valence-corrected chi connectivity index (χ2v) is 9.41. The van der Waals surface area contributed by atoms with Gasteiger partial charge in [-0.15, -0.1) is 0 Å². The van der Waals surface area contributed by atoms with Crippen LogP contribution >= 0.6 is 0 Å². The van der Waals surface area contributed by atoms with Gasteiger partial charge in [0, 0.05) is 50.5 Å². The lowest BCUT2D eigenvalue weighted by Crippen LogP contribution is -2.24. The Morgan fingerprint density at radius 1 is 0.694 bits per heavy atom. The molecule has 1 heterocycles. The van der Waals surface area contributed by atoms with Gasteiger partial charge >= 0.3 is 0 Å². The summed E-state index contributed by atoms with van der Waals surface area (Å²) in [6.45, 7) is 12.4. The van der Waals surface area contributed by atoms with Crippen LogP contribution in [0, 0.1) is 0 Å². The molecule has 0 atom stereocenters. The van der Waals surface area contributed by atoms with Gasteiger partial charge in [-0.05, 0) is 43.5 Å². The van der Waals surface area contributed by atoms with Crippen molar-refractivity contribution in [2.75, 3.05) is 18.0 Å². The Kier molecular flexibility index (Phi) is 9.34. The Morgan fingerprint density at radius 3 is 1.92 bits per heavy atom. The Balaban J connectivity index is 1.60.